The van der Waals surface area contributed by atoms with Crippen LogP contribution >= 0.6 is 12.4 Å². The van der Waals surface area contributed by atoms with Crippen molar-refractivity contribution in [2.24, 2.45) is 0 Å². The zero-order chi connectivity index (χ0) is 8.39. The van der Waals surface area contributed by atoms with Crippen molar-refractivity contribution in [3.63, 3.8) is 0 Å². The van der Waals surface area contributed by atoms with Crippen LogP contribution in [0.4, 0.5) is 0 Å². The lowest BCUT2D eigenvalue weighted by Crippen LogP contribution is -1.96. The van der Waals surface area contributed by atoms with E-state index in [0.717, 1.165) is 0 Å². The van der Waals surface area contributed by atoms with Gasteiger partial charge in [0.05, 0.1) is 5.56 Å². The Bertz CT molecular complexity index is 345. The molecule has 2 nitrogen and oxygen atoms in total. The molecular weight excluding hydrogens is 188 g/mol. The van der Waals surface area contributed by atoms with Crippen LogP contribution in [0.2, 0.25) is 0 Å². The van der Waals surface area contributed by atoms with Gasteiger partial charge < -0.3 is 4.74 Å². The molecule has 0 N–H and O–H groups in total. The van der Waals surface area contributed by atoms with Crippen LogP contribution in [0.5, 0.6) is 5.75 Å². The summed E-state index contributed by atoms with van der Waals surface area (Å²) in [6, 6.07) is 7.27. The van der Waals surface area contributed by atoms with Crippen LogP contribution in [0.1, 0.15) is 10.4 Å². The van der Waals surface area contributed by atoms with Gasteiger partial charge in [0.2, 0.25) is 0 Å². The molecule has 0 unspecified atom stereocenters. The standard InChI is InChI=1S/C10H8O2.ClH/c11-9-5-3-7-12-10-6-2-1-4-8(9)10;/h1-6H,7H2;1H. The summed E-state index contributed by atoms with van der Waals surface area (Å²) in [7, 11) is 0. The van der Waals surface area contributed by atoms with Gasteiger partial charge in [-0.1, -0.05) is 12.1 Å². The summed E-state index contributed by atoms with van der Waals surface area (Å²) < 4.78 is 5.31. The lowest BCUT2D eigenvalue weighted by Gasteiger charge is -2.03. The molecule has 0 spiro atoms. The molecule has 0 fully saturated rings. The fraction of sp³-hybridized carbons (Fsp3) is 0.100. The molecule has 0 saturated carbocycles. The maximum absolute atomic E-state index is 11.3. The van der Waals surface area contributed by atoms with Crippen molar-refractivity contribution in [1.29, 1.82) is 0 Å². The third kappa shape index (κ3) is 1.90. The van der Waals surface area contributed by atoms with E-state index < -0.39 is 0 Å². The Balaban J connectivity index is 0.000000845. The molecule has 0 bridgehead atoms. The van der Waals surface area contributed by atoms with Crippen LogP contribution in [0.3, 0.4) is 0 Å². The smallest absolute Gasteiger partial charge is 0.189 e. The van der Waals surface area contributed by atoms with Gasteiger partial charge in [0, 0.05) is 0 Å². The number of carbonyl (C=O) groups excluding carboxylic acids is 1. The zero-order valence-corrected chi connectivity index (χ0v) is 7.71. The van der Waals surface area contributed by atoms with Gasteiger partial charge in [0.25, 0.3) is 0 Å². The van der Waals surface area contributed by atoms with E-state index in [1.165, 1.54) is 0 Å². The van der Waals surface area contributed by atoms with Crippen molar-refractivity contribution >= 4 is 18.2 Å². The minimum absolute atomic E-state index is 0. The number of ketones is 1. The zero-order valence-electron chi connectivity index (χ0n) is 6.90. The maximum Gasteiger partial charge on any atom is 0.189 e. The third-order valence-corrected chi connectivity index (χ3v) is 1.76. The summed E-state index contributed by atoms with van der Waals surface area (Å²) in [4.78, 5) is 11.3. The molecule has 1 aliphatic heterocycles. The summed E-state index contributed by atoms with van der Waals surface area (Å²) in [5, 5.41) is 0. The highest BCUT2D eigenvalue weighted by Gasteiger charge is 2.10. The quantitative estimate of drug-likeness (QED) is 0.636. The SMILES string of the molecule is Cl.O=C1C=CCOc2ccccc21. The van der Waals surface area contributed by atoms with Gasteiger partial charge in [-0.2, -0.15) is 0 Å². The lowest BCUT2D eigenvalue weighted by molar-refractivity contribution is 0.104. The van der Waals surface area contributed by atoms with Crippen LogP contribution in [-0.4, -0.2) is 12.4 Å². The van der Waals surface area contributed by atoms with Crippen LogP contribution in [-0.2, 0) is 0 Å². The number of ether oxygens (including phenoxy) is 1. The van der Waals surface area contributed by atoms with Gasteiger partial charge in [0.1, 0.15) is 12.4 Å². The molecule has 1 aromatic rings. The molecule has 0 atom stereocenters. The highest BCUT2D eigenvalue weighted by Crippen LogP contribution is 2.20. The van der Waals surface area contributed by atoms with Gasteiger partial charge in [-0.15, -0.1) is 12.4 Å². The molecule has 1 aromatic carbocycles. The van der Waals surface area contributed by atoms with E-state index in [-0.39, 0.29) is 18.2 Å². The lowest BCUT2D eigenvalue weighted by atomic mass is 10.1. The Morgan fingerprint density at radius 3 is 2.85 bits per heavy atom. The molecule has 1 heterocycles. The molecular formula is C10H9ClO2. The van der Waals surface area contributed by atoms with Crippen LogP contribution in [0.25, 0.3) is 0 Å². The van der Waals surface area contributed by atoms with Gasteiger partial charge in [-0.3, -0.25) is 4.79 Å². The number of carbonyl (C=O) groups is 1. The van der Waals surface area contributed by atoms with Gasteiger partial charge in [-0.25, -0.2) is 0 Å². The first-order valence-electron chi connectivity index (χ1n) is 3.80. The summed E-state index contributed by atoms with van der Waals surface area (Å²) in [5.74, 6) is 0.690. The molecule has 1 aliphatic rings. The van der Waals surface area contributed by atoms with Crippen molar-refractivity contribution in [1.82, 2.24) is 0 Å². The van der Waals surface area contributed by atoms with E-state index in [2.05, 4.69) is 0 Å². The molecule has 13 heavy (non-hydrogen) atoms. The maximum atomic E-state index is 11.3. The Morgan fingerprint density at radius 2 is 2.00 bits per heavy atom. The number of fused-ring (bicyclic) bond motifs is 1. The summed E-state index contributed by atoms with van der Waals surface area (Å²) in [5.41, 5.74) is 0.645. The Hall–Kier alpha value is -1.28. The molecule has 2 rings (SSSR count). The van der Waals surface area contributed by atoms with Crippen LogP contribution in [0.15, 0.2) is 36.4 Å². The highest BCUT2D eigenvalue weighted by atomic mass is 35.5. The van der Waals surface area contributed by atoms with E-state index >= 15 is 0 Å². The third-order valence-electron chi connectivity index (χ3n) is 1.76. The Labute approximate surface area is 82.6 Å². The van der Waals surface area contributed by atoms with E-state index in [1.807, 2.05) is 12.1 Å². The van der Waals surface area contributed by atoms with E-state index in [9.17, 15) is 4.79 Å². The van der Waals surface area contributed by atoms with Crippen molar-refractivity contribution in [2.45, 2.75) is 0 Å². The van der Waals surface area contributed by atoms with Gasteiger partial charge >= 0.3 is 0 Å². The van der Waals surface area contributed by atoms with E-state index in [1.54, 1.807) is 24.3 Å². The average Bonchev–Trinajstić information content (AvgIpc) is 2.29. The van der Waals surface area contributed by atoms with Gasteiger partial charge in [0.15, 0.2) is 5.78 Å². The Kier molecular flexibility index (Phi) is 3.09. The van der Waals surface area contributed by atoms with Crippen LogP contribution < -0.4 is 4.74 Å². The predicted octanol–water partition coefficient (Wildman–Crippen LogP) is 2.24. The Morgan fingerprint density at radius 1 is 1.23 bits per heavy atom. The molecule has 68 valence electrons. The largest absolute Gasteiger partial charge is 0.489 e. The molecule has 0 saturated heterocycles. The molecule has 0 radical (unpaired) electrons. The van der Waals surface area contributed by atoms with E-state index in [0.29, 0.717) is 17.9 Å². The highest BCUT2D eigenvalue weighted by molar-refractivity contribution is 6.06. The number of hydrogen-bond donors (Lipinski definition) is 0. The number of hydrogen-bond acceptors (Lipinski definition) is 2. The second-order valence-corrected chi connectivity index (χ2v) is 2.57. The van der Waals surface area contributed by atoms with Crippen molar-refractivity contribution in [2.75, 3.05) is 6.61 Å². The van der Waals surface area contributed by atoms with Crippen molar-refractivity contribution in [3.8, 4) is 5.75 Å². The molecule has 0 aliphatic carbocycles. The second kappa shape index (κ2) is 4.10. The molecule has 0 aromatic heterocycles. The summed E-state index contributed by atoms with van der Waals surface area (Å²) in [6.07, 6.45) is 3.27. The topological polar surface area (TPSA) is 26.3 Å². The fourth-order valence-corrected chi connectivity index (χ4v) is 1.18. The first kappa shape index (κ1) is 9.81. The monoisotopic (exact) mass is 196 g/mol. The number of benzene rings is 1. The average molecular weight is 197 g/mol. The second-order valence-electron chi connectivity index (χ2n) is 2.57. The minimum atomic E-state index is 0. The minimum Gasteiger partial charge on any atom is -0.489 e. The number of halogens is 1. The fourth-order valence-electron chi connectivity index (χ4n) is 1.18. The molecule has 0 amide bonds. The molecule has 3 heteroatoms. The number of allylic oxidation sites excluding steroid dienone is 1. The predicted molar refractivity (Wildman–Crippen MR) is 52.7 cm³/mol. The van der Waals surface area contributed by atoms with E-state index in [4.69, 9.17) is 4.74 Å². The number of rotatable bonds is 0. The summed E-state index contributed by atoms with van der Waals surface area (Å²) >= 11 is 0. The van der Waals surface area contributed by atoms with Crippen LogP contribution in [0, 0.1) is 0 Å². The normalized spacial score (nSPS) is 13.7. The van der Waals surface area contributed by atoms with Gasteiger partial charge in [-0.05, 0) is 24.3 Å². The number of para-hydroxylation sites is 1. The van der Waals surface area contributed by atoms with Crippen molar-refractivity contribution < 1.29 is 9.53 Å². The first-order valence-corrected chi connectivity index (χ1v) is 3.80. The first-order chi connectivity index (χ1) is 5.88. The summed E-state index contributed by atoms with van der Waals surface area (Å²) in [6.45, 7) is 0.475. The van der Waals surface area contributed by atoms with Crippen molar-refractivity contribution in [3.05, 3.63) is 42.0 Å².